The van der Waals surface area contributed by atoms with Crippen LogP contribution in [0.2, 0.25) is 0 Å². The van der Waals surface area contributed by atoms with E-state index in [4.69, 9.17) is 0 Å². The van der Waals surface area contributed by atoms with E-state index in [1.54, 1.807) is 42.5 Å². The Morgan fingerprint density at radius 3 is 2.67 bits per heavy atom. The number of thioether (sulfide) groups is 1. The molecule has 4 nitrogen and oxygen atoms in total. The molecule has 1 atom stereocenters. The van der Waals surface area contributed by atoms with Gasteiger partial charge < -0.3 is 5.32 Å². The molecule has 0 spiro atoms. The van der Waals surface area contributed by atoms with Crippen LogP contribution in [0.15, 0.2) is 71.2 Å². The molecule has 1 fully saturated rings. The molecular weight excluding hydrogens is 474 g/mol. The zero-order chi connectivity index (χ0) is 21.3. The van der Waals surface area contributed by atoms with Crippen molar-refractivity contribution in [1.82, 2.24) is 0 Å². The van der Waals surface area contributed by atoms with E-state index in [9.17, 15) is 18.4 Å². The Kier molecular flexibility index (Phi) is 5.87. The minimum absolute atomic E-state index is 0.0985. The van der Waals surface area contributed by atoms with Crippen LogP contribution in [0.3, 0.4) is 0 Å². The largest absolute Gasteiger partial charge is 0.322 e. The zero-order valence-electron chi connectivity index (χ0n) is 15.4. The Balaban J connectivity index is 1.62. The van der Waals surface area contributed by atoms with E-state index >= 15 is 0 Å². The SMILES string of the molecule is O=C(Nc1cccc(C2SCC(=O)N2c2cc(F)ccc2F)c1)c1cccc(Br)c1. The second-order valence-corrected chi connectivity index (χ2v) is 8.60. The fraction of sp³-hybridized carbons (Fsp3) is 0.0909. The normalized spacial score (nSPS) is 16.0. The van der Waals surface area contributed by atoms with E-state index in [-0.39, 0.29) is 23.3 Å². The Bertz CT molecular complexity index is 1140. The number of amides is 2. The fourth-order valence-corrected chi connectivity index (χ4v) is 4.76. The summed E-state index contributed by atoms with van der Waals surface area (Å²) in [6.45, 7) is 0. The molecule has 0 bridgehead atoms. The molecule has 2 amide bonds. The van der Waals surface area contributed by atoms with Gasteiger partial charge in [0.15, 0.2) is 0 Å². The van der Waals surface area contributed by atoms with E-state index < -0.39 is 17.0 Å². The van der Waals surface area contributed by atoms with Gasteiger partial charge in [-0.15, -0.1) is 11.8 Å². The van der Waals surface area contributed by atoms with Crippen LogP contribution < -0.4 is 10.2 Å². The van der Waals surface area contributed by atoms with Crippen molar-refractivity contribution in [2.24, 2.45) is 0 Å². The number of carbonyl (C=O) groups is 2. The van der Waals surface area contributed by atoms with Gasteiger partial charge in [-0.25, -0.2) is 8.78 Å². The van der Waals surface area contributed by atoms with Crippen molar-refractivity contribution in [3.8, 4) is 0 Å². The van der Waals surface area contributed by atoms with Crippen LogP contribution in [0.25, 0.3) is 0 Å². The third kappa shape index (κ3) is 4.24. The summed E-state index contributed by atoms with van der Waals surface area (Å²) in [5, 5.41) is 2.30. The summed E-state index contributed by atoms with van der Waals surface area (Å²) in [5.74, 6) is -1.73. The zero-order valence-corrected chi connectivity index (χ0v) is 17.8. The topological polar surface area (TPSA) is 49.4 Å². The lowest BCUT2D eigenvalue weighted by atomic mass is 10.1. The molecule has 0 aliphatic carbocycles. The maximum atomic E-state index is 14.3. The third-order valence-corrected chi connectivity index (χ3v) is 6.26. The molecule has 1 saturated heterocycles. The van der Waals surface area contributed by atoms with Gasteiger partial charge in [-0.3, -0.25) is 14.5 Å². The van der Waals surface area contributed by atoms with E-state index in [1.807, 2.05) is 6.07 Å². The van der Waals surface area contributed by atoms with E-state index in [1.165, 1.54) is 16.7 Å². The lowest BCUT2D eigenvalue weighted by Gasteiger charge is -2.25. The highest BCUT2D eigenvalue weighted by Gasteiger charge is 2.35. The number of halogens is 3. The summed E-state index contributed by atoms with van der Waals surface area (Å²) in [5.41, 5.74) is 1.63. The molecule has 30 heavy (non-hydrogen) atoms. The Hall–Kier alpha value is -2.71. The number of nitrogens with zero attached hydrogens (tertiary/aromatic N) is 1. The number of carbonyl (C=O) groups excluding carboxylic acids is 2. The molecule has 0 radical (unpaired) electrons. The second-order valence-electron chi connectivity index (χ2n) is 6.61. The van der Waals surface area contributed by atoms with Gasteiger partial charge in [-0.1, -0.05) is 34.1 Å². The number of hydrogen-bond acceptors (Lipinski definition) is 3. The number of benzene rings is 3. The summed E-state index contributed by atoms with van der Waals surface area (Å²) in [6.07, 6.45) is 0. The molecule has 1 heterocycles. The molecule has 1 unspecified atom stereocenters. The minimum atomic E-state index is -0.670. The van der Waals surface area contributed by atoms with Crippen LogP contribution in [0.1, 0.15) is 21.3 Å². The maximum absolute atomic E-state index is 14.3. The fourth-order valence-electron chi connectivity index (χ4n) is 3.20. The Morgan fingerprint density at radius 2 is 1.87 bits per heavy atom. The van der Waals surface area contributed by atoms with E-state index in [0.717, 1.165) is 22.7 Å². The van der Waals surface area contributed by atoms with Crippen molar-refractivity contribution in [1.29, 1.82) is 0 Å². The van der Waals surface area contributed by atoms with Gasteiger partial charge >= 0.3 is 0 Å². The molecule has 1 aliphatic rings. The molecule has 4 rings (SSSR count). The highest BCUT2D eigenvalue weighted by molar-refractivity contribution is 9.10. The Labute approximate surface area is 184 Å². The van der Waals surface area contributed by atoms with Crippen LogP contribution in [-0.2, 0) is 4.79 Å². The molecule has 8 heteroatoms. The van der Waals surface area contributed by atoms with Crippen molar-refractivity contribution in [3.05, 3.63) is 94.0 Å². The Morgan fingerprint density at radius 1 is 1.07 bits per heavy atom. The number of anilines is 2. The summed E-state index contributed by atoms with van der Waals surface area (Å²) >= 11 is 4.66. The average molecular weight is 489 g/mol. The van der Waals surface area contributed by atoms with Crippen LogP contribution >= 0.6 is 27.7 Å². The van der Waals surface area contributed by atoms with Crippen molar-refractivity contribution < 1.29 is 18.4 Å². The lowest BCUT2D eigenvalue weighted by Crippen LogP contribution is -2.28. The molecule has 1 N–H and O–H groups in total. The predicted octanol–water partition coefficient (Wildman–Crippen LogP) is 5.76. The van der Waals surface area contributed by atoms with Crippen molar-refractivity contribution in [2.45, 2.75) is 5.37 Å². The van der Waals surface area contributed by atoms with Crippen molar-refractivity contribution in [2.75, 3.05) is 16.0 Å². The summed E-state index contributed by atoms with van der Waals surface area (Å²) in [4.78, 5) is 26.2. The highest BCUT2D eigenvalue weighted by Crippen LogP contribution is 2.43. The summed E-state index contributed by atoms with van der Waals surface area (Å²) < 4.78 is 28.8. The van der Waals surface area contributed by atoms with Crippen molar-refractivity contribution in [3.63, 3.8) is 0 Å². The predicted molar refractivity (Wildman–Crippen MR) is 118 cm³/mol. The molecule has 3 aromatic rings. The van der Waals surface area contributed by atoms with Crippen molar-refractivity contribution >= 4 is 50.9 Å². The maximum Gasteiger partial charge on any atom is 0.255 e. The van der Waals surface area contributed by atoms with Crippen LogP contribution in [0, 0.1) is 11.6 Å². The highest BCUT2D eigenvalue weighted by atomic mass is 79.9. The van der Waals surface area contributed by atoms with Gasteiger partial charge in [-0.2, -0.15) is 0 Å². The molecule has 3 aromatic carbocycles. The molecule has 1 aliphatic heterocycles. The number of nitrogens with one attached hydrogen (secondary N) is 1. The summed E-state index contributed by atoms with van der Waals surface area (Å²) in [6, 6.07) is 17.0. The summed E-state index contributed by atoms with van der Waals surface area (Å²) in [7, 11) is 0. The first-order chi connectivity index (χ1) is 14.4. The quantitative estimate of drug-likeness (QED) is 0.507. The van der Waals surface area contributed by atoms with Crippen LogP contribution in [0.4, 0.5) is 20.2 Å². The first-order valence-corrected chi connectivity index (χ1v) is 10.8. The van der Waals surface area contributed by atoms with Gasteiger partial charge in [0.05, 0.1) is 11.4 Å². The van der Waals surface area contributed by atoms with Gasteiger partial charge in [0.1, 0.15) is 17.0 Å². The average Bonchev–Trinajstić information content (AvgIpc) is 3.11. The molecular formula is C22H15BrF2N2O2S. The van der Waals surface area contributed by atoms with Crippen LogP contribution in [-0.4, -0.2) is 17.6 Å². The molecule has 152 valence electrons. The monoisotopic (exact) mass is 488 g/mol. The van der Waals surface area contributed by atoms with E-state index in [0.29, 0.717) is 16.8 Å². The minimum Gasteiger partial charge on any atom is -0.322 e. The number of hydrogen-bond donors (Lipinski definition) is 1. The first-order valence-electron chi connectivity index (χ1n) is 8.98. The van der Waals surface area contributed by atoms with E-state index in [2.05, 4.69) is 21.2 Å². The van der Waals surface area contributed by atoms with Gasteiger partial charge in [0.25, 0.3) is 5.91 Å². The molecule has 0 saturated carbocycles. The van der Waals surface area contributed by atoms with Gasteiger partial charge in [-0.05, 0) is 48.0 Å². The smallest absolute Gasteiger partial charge is 0.255 e. The van der Waals surface area contributed by atoms with Gasteiger partial charge in [0, 0.05) is 21.8 Å². The third-order valence-electron chi connectivity index (χ3n) is 4.55. The number of rotatable bonds is 4. The molecule has 0 aromatic heterocycles. The van der Waals surface area contributed by atoms with Crippen LogP contribution in [0.5, 0.6) is 0 Å². The first kappa shape index (κ1) is 20.6. The second kappa shape index (κ2) is 8.57. The lowest BCUT2D eigenvalue weighted by molar-refractivity contribution is -0.115. The van der Waals surface area contributed by atoms with Gasteiger partial charge in [0.2, 0.25) is 5.91 Å². The standard InChI is InChI=1S/C22H15BrF2N2O2S/c23-15-5-1-3-13(9-15)21(29)26-17-6-2-4-14(10-17)22-27(20(28)12-30-22)19-11-16(24)7-8-18(19)25/h1-11,22H,12H2,(H,26,29).